The fraction of sp³-hybridized carbons (Fsp3) is 0.267. The van der Waals surface area contributed by atoms with E-state index in [1.807, 2.05) is 19.1 Å². The summed E-state index contributed by atoms with van der Waals surface area (Å²) in [6.45, 7) is 2.05. The van der Waals surface area contributed by atoms with Crippen molar-refractivity contribution in [2.24, 2.45) is 0 Å². The molecule has 3 nitrogen and oxygen atoms in total. The van der Waals surface area contributed by atoms with E-state index in [0.717, 1.165) is 23.8 Å². The summed E-state index contributed by atoms with van der Waals surface area (Å²) in [7, 11) is 0. The zero-order chi connectivity index (χ0) is 14.5. The minimum atomic E-state index is -1.10. The van der Waals surface area contributed by atoms with Gasteiger partial charge in [-0.2, -0.15) is 0 Å². The highest BCUT2D eigenvalue weighted by molar-refractivity contribution is 5.21. The summed E-state index contributed by atoms with van der Waals surface area (Å²) in [6, 6.07) is 6.74. The number of aromatic nitrogens is 1. The first-order chi connectivity index (χ1) is 9.58. The largest absolute Gasteiger partial charge is 0.387 e. The molecule has 0 aliphatic carbocycles. The number of hydrogen-bond acceptors (Lipinski definition) is 3. The van der Waals surface area contributed by atoms with Crippen LogP contribution in [0.15, 0.2) is 42.7 Å². The Morgan fingerprint density at radius 1 is 1.20 bits per heavy atom. The lowest BCUT2D eigenvalue weighted by molar-refractivity contribution is 0.166. The molecule has 0 radical (unpaired) electrons. The van der Waals surface area contributed by atoms with E-state index in [4.69, 9.17) is 0 Å². The van der Waals surface area contributed by atoms with Crippen molar-refractivity contribution in [3.63, 3.8) is 0 Å². The fourth-order valence-corrected chi connectivity index (χ4v) is 1.94. The average Bonchev–Trinajstić information content (AvgIpc) is 2.47. The number of aliphatic hydroxyl groups is 1. The van der Waals surface area contributed by atoms with Crippen LogP contribution in [0, 0.1) is 11.6 Å². The van der Waals surface area contributed by atoms with Crippen LogP contribution in [-0.4, -0.2) is 16.6 Å². The van der Waals surface area contributed by atoms with Crippen LogP contribution in [0.4, 0.5) is 8.78 Å². The third-order valence-corrected chi connectivity index (χ3v) is 3.14. The molecule has 0 amide bonds. The lowest BCUT2D eigenvalue weighted by Gasteiger charge is -2.18. The summed E-state index contributed by atoms with van der Waals surface area (Å²) in [5, 5.41) is 13.0. The quantitative estimate of drug-likeness (QED) is 0.884. The third-order valence-electron chi connectivity index (χ3n) is 3.14. The Bertz CT molecular complexity index is 563. The van der Waals surface area contributed by atoms with Gasteiger partial charge in [0, 0.05) is 30.5 Å². The number of benzene rings is 1. The van der Waals surface area contributed by atoms with Gasteiger partial charge in [-0.3, -0.25) is 4.98 Å². The van der Waals surface area contributed by atoms with Gasteiger partial charge < -0.3 is 10.4 Å². The number of hydrogen-bond donors (Lipinski definition) is 2. The van der Waals surface area contributed by atoms with Crippen molar-refractivity contribution in [1.82, 2.24) is 10.3 Å². The summed E-state index contributed by atoms with van der Waals surface area (Å²) in [6.07, 6.45) is 2.25. The Kier molecular flexibility index (Phi) is 4.76. The molecule has 0 saturated heterocycles. The average molecular weight is 278 g/mol. The Labute approximate surface area is 116 Å². The van der Waals surface area contributed by atoms with E-state index in [1.54, 1.807) is 12.4 Å². The van der Waals surface area contributed by atoms with E-state index in [0.29, 0.717) is 0 Å². The van der Waals surface area contributed by atoms with Crippen LogP contribution in [0.3, 0.4) is 0 Å². The molecule has 0 bridgehead atoms. The van der Waals surface area contributed by atoms with Gasteiger partial charge >= 0.3 is 0 Å². The first-order valence-corrected chi connectivity index (χ1v) is 6.34. The zero-order valence-electron chi connectivity index (χ0n) is 11.1. The molecule has 2 atom stereocenters. The maximum atomic E-state index is 13.5. The highest BCUT2D eigenvalue weighted by atomic mass is 19.1. The number of aliphatic hydroxyl groups excluding tert-OH is 1. The van der Waals surface area contributed by atoms with E-state index in [9.17, 15) is 13.9 Å². The van der Waals surface area contributed by atoms with Gasteiger partial charge in [0.15, 0.2) is 0 Å². The molecular weight excluding hydrogens is 262 g/mol. The first-order valence-electron chi connectivity index (χ1n) is 6.34. The van der Waals surface area contributed by atoms with E-state index in [-0.39, 0.29) is 18.2 Å². The van der Waals surface area contributed by atoms with Crippen molar-refractivity contribution in [1.29, 1.82) is 0 Å². The third kappa shape index (κ3) is 3.59. The Morgan fingerprint density at radius 3 is 2.60 bits per heavy atom. The summed E-state index contributed by atoms with van der Waals surface area (Å²) in [5.41, 5.74) is 0.964. The standard InChI is InChI=1S/C15H16F2N2O/c1-10(11-4-6-18-7-5-11)19-9-15(20)13-8-12(16)2-3-14(13)17/h2-8,10,15,19-20H,9H2,1H3. The van der Waals surface area contributed by atoms with Gasteiger partial charge in [0.1, 0.15) is 11.6 Å². The molecule has 20 heavy (non-hydrogen) atoms. The van der Waals surface area contributed by atoms with Crippen LogP contribution in [0.1, 0.15) is 30.2 Å². The Morgan fingerprint density at radius 2 is 1.90 bits per heavy atom. The summed E-state index contributed by atoms with van der Waals surface area (Å²) < 4.78 is 26.6. The molecule has 0 aliphatic rings. The van der Waals surface area contributed by atoms with E-state index in [2.05, 4.69) is 10.3 Å². The second-order valence-electron chi connectivity index (χ2n) is 4.59. The predicted octanol–water partition coefficient (Wildman–Crippen LogP) is 2.74. The van der Waals surface area contributed by atoms with Gasteiger partial charge in [0.05, 0.1) is 6.10 Å². The molecule has 5 heteroatoms. The zero-order valence-corrected chi connectivity index (χ0v) is 11.1. The normalized spacial score (nSPS) is 14.0. The lowest BCUT2D eigenvalue weighted by atomic mass is 10.1. The molecule has 0 aliphatic heterocycles. The minimum absolute atomic E-state index is 0.0238. The molecule has 0 spiro atoms. The SMILES string of the molecule is CC(NCC(O)c1cc(F)ccc1F)c1ccncc1. The number of rotatable bonds is 5. The lowest BCUT2D eigenvalue weighted by Crippen LogP contribution is -2.25. The number of halogens is 2. The molecule has 0 fully saturated rings. The molecule has 2 N–H and O–H groups in total. The predicted molar refractivity (Wildman–Crippen MR) is 72.0 cm³/mol. The Hall–Kier alpha value is -1.85. The number of nitrogens with zero attached hydrogens (tertiary/aromatic N) is 1. The van der Waals surface area contributed by atoms with Crippen LogP contribution in [0.5, 0.6) is 0 Å². The van der Waals surface area contributed by atoms with Crippen molar-refractivity contribution in [2.75, 3.05) is 6.54 Å². The van der Waals surface area contributed by atoms with E-state index < -0.39 is 17.7 Å². The maximum absolute atomic E-state index is 13.5. The van der Waals surface area contributed by atoms with Gasteiger partial charge in [-0.15, -0.1) is 0 Å². The second-order valence-corrected chi connectivity index (χ2v) is 4.59. The van der Waals surface area contributed by atoms with Crippen LogP contribution >= 0.6 is 0 Å². The van der Waals surface area contributed by atoms with Gasteiger partial charge in [-0.1, -0.05) is 0 Å². The van der Waals surface area contributed by atoms with Crippen LogP contribution in [0.25, 0.3) is 0 Å². The molecule has 1 aromatic heterocycles. The highest BCUT2D eigenvalue weighted by Crippen LogP contribution is 2.19. The molecule has 2 unspecified atom stereocenters. The maximum Gasteiger partial charge on any atom is 0.129 e. The van der Waals surface area contributed by atoms with Crippen molar-refractivity contribution in [2.45, 2.75) is 19.1 Å². The number of nitrogens with one attached hydrogen (secondary N) is 1. The summed E-state index contributed by atoms with van der Waals surface area (Å²) in [4.78, 5) is 3.92. The van der Waals surface area contributed by atoms with Crippen LogP contribution in [-0.2, 0) is 0 Å². The van der Waals surface area contributed by atoms with Gasteiger partial charge in [0.25, 0.3) is 0 Å². The molecule has 1 heterocycles. The van der Waals surface area contributed by atoms with Gasteiger partial charge in [-0.05, 0) is 42.8 Å². The van der Waals surface area contributed by atoms with Crippen molar-refractivity contribution < 1.29 is 13.9 Å². The first kappa shape index (κ1) is 14.6. The Balaban J connectivity index is 1.98. The van der Waals surface area contributed by atoms with Crippen molar-refractivity contribution >= 4 is 0 Å². The molecule has 106 valence electrons. The molecule has 0 saturated carbocycles. The highest BCUT2D eigenvalue weighted by Gasteiger charge is 2.15. The molecular formula is C15H16F2N2O. The topological polar surface area (TPSA) is 45.1 Å². The summed E-state index contributed by atoms with van der Waals surface area (Å²) in [5.74, 6) is -1.18. The van der Waals surface area contributed by atoms with Gasteiger partial charge in [0.2, 0.25) is 0 Å². The van der Waals surface area contributed by atoms with Crippen molar-refractivity contribution in [3.05, 3.63) is 65.5 Å². The number of pyridine rings is 1. The van der Waals surface area contributed by atoms with Crippen LogP contribution < -0.4 is 5.32 Å². The van der Waals surface area contributed by atoms with E-state index in [1.165, 1.54) is 0 Å². The van der Waals surface area contributed by atoms with E-state index >= 15 is 0 Å². The second kappa shape index (κ2) is 6.54. The molecule has 1 aromatic carbocycles. The minimum Gasteiger partial charge on any atom is -0.387 e. The monoisotopic (exact) mass is 278 g/mol. The summed E-state index contributed by atoms with van der Waals surface area (Å²) >= 11 is 0. The van der Waals surface area contributed by atoms with Gasteiger partial charge in [-0.25, -0.2) is 8.78 Å². The fourth-order valence-electron chi connectivity index (χ4n) is 1.94. The molecule has 2 rings (SSSR count). The van der Waals surface area contributed by atoms with Crippen molar-refractivity contribution in [3.8, 4) is 0 Å². The van der Waals surface area contributed by atoms with Crippen LogP contribution in [0.2, 0.25) is 0 Å². The molecule has 2 aromatic rings. The smallest absolute Gasteiger partial charge is 0.129 e.